The lowest BCUT2D eigenvalue weighted by molar-refractivity contribution is 0.249. The number of aryl methyl sites for hydroxylation is 1. The van der Waals surface area contributed by atoms with Crippen LogP contribution >= 0.6 is 11.5 Å². The van der Waals surface area contributed by atoms with Crippen molar-refractivity contribution in [1.29, 1.82) is 0 Å². The van der Waals surface area contributed by atoms with E-state index in [1.54, 1.807) is 11.5 Å². The Labute approximate surface area is 140 Å². The van der Waals surface area contributed by atoms with Crippen LogP contribution in [0, 0.1) is 6.92 Å². The van der Waals surface area contributed by atoms with Gasteiger partial charge in [0.25, 0.3) is 0 Å². The summed E-state index contributed by atoms with van der Waals surface area (Å²) in [6.45, 7) is 7.29. The minimum atomic E-state index is 0.991. The van der Waals surface area contributed by atoms with Gasteiger partial charge in [-0.15, -0.1) is 0 Å². The average Bonchev–Trinajstić information content (AvgIpc) is 3.02. The summed E-state index contributed by atoms with van der Waals surface area (Å²) in [5.74, 6) is 1.16. The number of nitrogens with zero attached hydrogens (tertiary/aromatic N) is 4. The third-order valence-corrected chi connectivity index (χ3v) is 5.36. The fourth-order valence-corrected chi connectivity index (χ4v) is 3.94. The Bertz CT molecular complexity index is 805. The number of hydrogen-bond acceptors (Lipinski definition) is 5. The van der Waals surface area contributed by atoms with Crippen molar-refractivity contribution in [2.45, 2.75) is 13.5 Å². The molecule has 4 nitrogen and oxygen atoms in total. The van der Waals surface area contributed by atoms with Gasteiger partial charge in [0.1, 0.15) is 5.82 Å². The van der Waals surface area contributed by atoms with E-state index in [9.17, 15) is 0 Å². The van der Waals surface area contributed by atoms with Crippen LogP contribution in [0.3, 0.4) is 0 Å². The van der Waals surface area contributed by atoms with Gasteiger partial charge in [0.15, 0.2) is 0 Å². The molecule has 1 saturated heterocycles. The number of rotatable bonds is 3. The van der Waals surface area contributed by atoms with Gasteiger partial charge in [-0.3, -0.25) is 9.88 Å². The third-order valence-electron chi connectivity index (χ3n) is 4.54. The molecule has 2 aromatic heterocycles. The van der Waals surface area contributed by atoms with Gasteiger partial charge in [-0.1, -0.05) is 18.2 Å². The van der Waals surface area contributed by atoms with Crippen LogP contribution in [0.5, 0.6) is 0 Å². The first-order valence-corrected chi connectivity index (χ1v) is 8.81. The van der Waals surface area contributed by atoms with Crippen molar-refractivity contribution in [3.05, 3.63) is 53.9 Å². The van der Waals surface area contributed by atoms with Crippen molar-refractivity contribution in [3.63, 3.8) is 0 Å². The van der Waals surface area contributed by atoms with Crippen molar-refractivity contribution in [1.82, 2.24) is 14.3 Å². The molecule has 1 aliphatic rings. The maximum Gasteiger partial charge on any atom is 0.150 e. The molecule has 1 fully saturated rings. The smallest absolute Gasteiger partial charge is 0.150 e. The second kappa shape index (κ2) is 6.26. The minimum absolute atomic E-state index is 0.991. The molecule has 1 aliphatic heterocycles. The molecule has 118 valence electrons. The number of benzene rings is 1. The van der Waals surface area contributed by atoms with Crippen LogP contribution in [-0.4, -0.2) is 40.4 Å². The van der Waals surface area contributed by atoms with E-state index >= 15 is 0 Å². The number of fused-ring (bicyclic) bond motifs is 1. The van der Waals surface area contributed by atoms with E-state index in [-0.39, 0.29) is 0 Å². The highest BCUT2D eigenvalue weighted by Gasteiger charge is 2.21. The summed E-state index contributed by atoms with van der Waals surface area (Å²) in [7, 11) is 0. The second-order valence-corrected chi connectivity index (χ2v) is 6.82. The highest BCUT2D eigenvalue weighted by atomic mass is 32.1. The van der Waals surface area contributed by atoms with Gasteiger partial charge in [0.2, 0.25) is 0 Å². The summed E-state index contributed by atoms with van der Waals surface area (Å²) < 4.78 is 5.96. The summed E-state index contributed by atoms with van der Waals surface area (Å²) in [5, 5.41) is 1.29. The topological polar surface area (TPSA) is 32.3 Å². The zero-order valence-corrected chi connectivity index (χ0v) is 14.1. The highest BCUT2D eigenvalue weighted by Crippen LogP contribution is 2.29. The maximum atomic E-state index is 4.68. The Morgan fingerprint density at radius 3 is 2.70 bits per heavy atom. The van der Waals surface area contributed by atoms with E-state index in [0.29, 0.717) is 0 Å². The number of piperazine rings is 1. The van der Waals surface area contributed by atoms with Crippen LogP contribution in [0.2, 0.25) is 0 Å². The first kappa shape index (κ1) is 14.6. The molecule has 3 aromatic rings. The van der Waals surface area contributed by atoms with Crippen LogP contribution in [0.15, 0.2) is 42.6 Å². The van der Waals surface area contributed by atoms with Gasteiger partial charge in [-0.2, -0.15) is 4.37 Å². The first-order valence-electron chi connectivity index (χ1n) is 8.03. The molecule has 0 amide bonds. The second-order valence-electron chi connectivity index (χ2n) is 6.01. The van der Waals surface area contributed by atoms with Gasteiger partial charge in [-0.25, -0.2) is 0 Å². The standard InChI is InChI=1S/C18H20N4S/c1-14-15(5-4-8-19-14)13-21-9-11-22(12-10-21)18-16-6-2-3-7-17(16)23-20-18/h2-8H,9-13H2,1H3. The molecule has 0 N–H and O–H groups in total. The van der Waals surface area contributed by atoms with E-state index in [1.807, 2.05) is 12.3 Å². The molecular formula is C18H20N4S. The molecule has 0 saturated carbocycles. The Kier molecular flexibility index (Phi) is 3.97. The van der Waals surface area contributed by atoms with E-state index in [1.165, 1.54) is 15.6 Å². The predicted molar refractivity (Wildman–Crippen MR) is 96.1 cm³/mol. The summed E-state index contributed by atoms with van der Waals surface area (Å²) in [6, 6.07) is 12.7. The van der Waals surface area contributed by atoms with E-state index in [2.05, 4.69) is 56.4 Å². The number of hydrogen-bond donors (Lipinski definition) is 0. The lowest BCUT2D eigenvalue weighted by Gasteiger charge is -2.35. The van der Waals surface area contributed by atoms with Crippen LogP contribution in [-0.2, 0) is 6.54 Å². The van der Waals surface area contributed by atoms with Crippen molar-refractivity contribution in [3.8, 4) is 0 Å². The number of pyridine rings is 1. The van der Waals surface area contributed by atoms with Crippen LogP contribution in [0.1, 0.15) is 11.3 Å². The number of aromatic nitrogens is 2. The maximum absolute atomic E-state index is 4.68. The van der Waals surface area contributed by atoms with Crippen molar-refractivity contribution in [2.24, 2.45) is 0 Å². The highest BCUT2D eigenvalue weighted by molar-refractivity contribution is 7.13. The summed E-state index contributed by atoms with van der Waals surface area (Å²) in [5.41, 5.74) is 2.47. The summed E-state index contributed by atoms with van der Waals surface area (Å²) in [4.78, 5) is 9.32. The summed E-state index contributed by atoms with van der Waals surface area (Å²) in [6.07, 6.45) is 1.87. The van der Waals surface area contributed by atoms with Crippen LogP contribution in [0.25, 0.3) is 10.1 Å². The first-order chi connectivity index (χ1) is 11.3. The molecule has 0 atom stereocenters. The van der Waals surface area contributed by atoms with E-state index in [0.717, 1.165) is 44.2 Å². The molecule has 1 aromatic carbocycles. The molecule has 0 unspecified atom stereocenters. The van der Waals surface area contributed by atoms with Crippen molar-refractivity contribution < 1.29 is 0 Å². The average molecular weight is 324 g/mol. The van der Waals surface area contributed by atoms with Crippen LogP contribution in [0.4, 0.5) is 5.82 Å². The van der Waals surface area contributed by atoms with Gasteiger partial charge in [0, 0.05) is 50.0 Å². The molecule has 0 radical (unpaired) electrons. The Morgan fingerprint density at radius 2 is 1.87 bits per heavy atom. The molecule has 0 aliphatic carbocycles. The van der Waals surface area contributed by atoms with Crippen molar-refractivity contribution >= 4 is 27.4 Å². The van der Waals surface area contributed by atoms with Crippen LogP contribution < -0.4 is 4.90 Å². The molecular weight excluding hydrogens is 304 g/mol. The fourth-order valence-electron chi connectivity index (χ4n) is 3.14. The molecule has 0 spiro atoms. The molecule has 23 heavy (non-hydrogen) atoms. The largest absolute Gasteiger partial charge is 0.353 e. The monoisotopic (exact) mass is 324 g/mol. The zero-order valence-electron chi connectivity index (χ0n) is 13.3. The molecule has 3 heterocycles. The van der Waals surface area contributed by atoms with Gasteiger partial charge >= 0.3 is 0 Å². The SMILES string of the molecule is Cc1ncccc1CN1CCN(c2nsc3ccccc23)CC1. The molecule has 5 heteroatoms. The number of anilines is 1. The Balaban J connectivity index is 1.44. The third kappa shape index (κ3) is 2.94. The molecule has 4 rings (SSSR count). The predicted octanol–water partition coefficient (Wildman–Crippen LogP) is 3.32. The van der Waals surface area contributed by atoms with Gasteiger partial charge < -0.3 is 4.90 Å². The van der Waals surface area contributed by atoms with E-state index in [4.69, 9.17) is 0 Å². The van der Waals surface area contributed by atoms with Gasteiger partial charge in [-0.05, 0) is 42.2 Å². The summed E-state index contributed by atoms with van der Waals surface area (Å²) >= 11 is 1.60. The quantitative estimate of drug-likeness (QED) is 0.740. The lowest BCUT2D eigenvalue weighted by atomic mass is 10.1. The van der Waals surface area contributed by atoms with Gasteiger partial charge in [0.05, 0.1) is 4.70 Å². The normalized spacial score (nSPS) is 16.1. The fraction of sp³-hybridized carbons (Fsp3) is 0.333. The van der Waals surface area contributed by atoms with E-state index < -0.39 is 0 Å². The Morgan fingerprint density at radius 1 is 1.04 bits per heavy atom. The minimum Gasteiger partial charge on any atom is -0.353 e. The Hall–Kier alpha value is -1.98. The van der Waals surface area contributed by atoms with Crippen molar-refractivity contribution in [2.75, 3.05) is 31.1 Å². The lowest BCUT2D eigenvalue weighted by Crippen LogP contribution is -2.46. The molecule has 0 bridgehead atoms. The zero-order chi connectivity index (χ0) is 15.6.